The van der Waals surface area contributed by atoms with Gasteiger partial charge in [-0.1, -0.05) is 32.9 Å². The summed E-state index contributed by atoms with van der Waals surface area (Å²) in [6, 6.07) is 12.4. The first-order chi connectivity index (χ1) is 13.7. The van der Waals surface area contributed by atoms with Crippen molar-refractivity contribution in [3.05, 3.63) is 47.5 Å². The second kappa shape index (κ2) is 7.39. The number of nitrogens with zero attached hydrogens (tertiary/aromatic N) is 1. The Morgan fingerprint density at radius 2 is 1.48 bits per heavy atom. The molecule has 0 amide bonds. The van der Waals surface area contributed by atoms with Crippen LogP contribution >= 0.6 is 0 Å². The quantitative estimate of drug-likeness (QED) is 0.546. The second-order valence-corrected chi connectivity index (χ2v) is 13.6. The Morgan fingerprint density at radius 1 is 0.963 bits per heavy atom. The molecule has 0 radical (unpaired) electrons. The molecule has 2 aromatic carbocycles. The van der Waals surface area contributed by atoms with Crippen molar-refractivity contribution in [2.75, 3.05) is 6.61 Å². The summed E-state index contributed by atoms with van der Waals surface area (Å²) in [5.41, 5.74) is 4.20. The van der Waals surface area contributed by atoms with Gasteiger partial charge in [-0.2, -0.15) is 0 Å². The van der Waals surface area contributed by atoms with E-state index in [1.54, 1.807) is 0 Å². The summed E-state index contributed by atoms with van der Waals surface area (Å²) in [6.07, 6.45) is 0. The minimum Gasteiger partial charge on any atom is -0.415 e. The van der Waals surface area contributed by atoms with Crippen LogP contribution in [0.3, 0.4) is 0 Å². The molecule has 0 spiro atoms. The first kappa shape index (κ1) is 17.4. The lowest BCUT2D eigenvalue weighted by molar-refractivity contribution is 0.275. The van der Waals surface area contributed by atoms with Gasteiger partial charge in [0.15, 0.2) is 8.32 Å². The number of aliphatic hydroxyl groups excluding tert-OH is 2. The van der Waals surface area contributed by atoms with E-state index in [0.717, 1.165) is 39.5 Å². The highest BCUT2D eigenvalue weighted by Gasteiger charge is 2.36. The number of aliphatic hydroxyl groups is 2. The number of hydrogen-bond acceptors (Lipinski definition) is 3. The van der Waals surface area contributed by atoms with Crippen LogP contribution in [-0.4, -0.2) is 32.6 Å². The van der Waals surface area contributed by atoms with Gasteiger partial charge in [-0.25, -0.2) is 0 Å². The number of fused-ring (bicyclic) bond motifs is 3. The Bertz CT molecular complexity index is 932. The van der Waals surface area contributed by atoms with E-state index in [4.69, 9.17) is 7.29 Å². The van der Waals surface area contributed by atoms with E-state index in [0.29, 0.717) is 6.61 Å². The highest BCUT2D eigenvalue weighted by atomic mass is 28.4. The maximum atomic E-state index is 7.05. The van der Waals surface area contributed by atoms with Crippen molar-refractivity contribution in [1.29, 1.82) is 2.86 Å². The molecule has 2 N–H and O–H groups in total. The van der Waals surface area contributed by atoms with E-state index < -0.39 is 8.32 Å². The molecule has 0 aliphatic carbocycles. The Labute approximate surface area is 165 Å². The fourth-order valence-corrected chi connectivity index (χ4v) is 4.26. The van der Waals surface area contributed by atoms with E-state index in [9.17, 15) is 0 Å². The second-order valence-electron chi connectivity index (χ2n) is 8.75. The van der Waals surface area contributed by atoms with Crippen molar-refractivity contribution >= 4 is 30.1 Å². The van der Waals surface area contributed by atoms with Crippen LogP contribution in [0, 0.1) is 0 Å². The van der Waals surface area contributed by atoms with Crippen molar-refractivity contribution in [3.63, 3.8) is 0 Å². The monoisotopic (exact) mass is 387 g/mol. The van der Waals surface area contributed by atoms with Gasteiger partial charge in [0.25, 0.3) is 0 Å². The van der Waals surface area contributed by atoms with Gasteiger partial charge in [-0.3, -0.25) is 0 Å². The fourth-order valence-electron chi connectivity index (χ4n) is 3.23. The van der Waals surface area contributed by atoms with Crippen LogP contribution in [0.1, 0.15) is 31.9 Å². The minimum absolute atomic E-state index is 0.185. The standard InChI is InChI=1S/C22H31NO3Si/c1-22(2,3)27(4,5)26-11-10-23-20-8-6-16(14-24)12-18(20)19-13-17(15-25)7-9-21(19)23/h6-9,12-13,24-25H,10-11,14-15H2,1-5H3/i24D,25D. The van der Waals surface area contributed by atoms with Gasteiger partial charge in [0.1, 0.15) is 0 Å². The molecule has 0 aliphatic rings. The SMILES string of the molecule is [2H]OCc1ccc2c(c1)c1cc(CO[2H])ccc1n2CCO[Si](C)(C)C(C)(C)C. The predicted molar refractivity (Wildman–Crippen MR) is 114 cm³/mol. The van der Waals surface area contributed by atoms with Crippen LogP contribution in [0.25, 0.3) is 21.8 Å². The van der Waals surface area contributed by atoms with Crippen molar-refractivity contribution in [3.8, 4) is 0 Å². The third-order valence-corrected chi connectivity index (χ3v) is 10.4. The molecule has 27 heavy (non-hydrogen) atoms. The van der Waals surface area contributed by atoms with E-state index in [-0.39, 0.29) is 18.3 Å². The van der Waals surface area contributed by atoms with Crippen molar-refractivity contribution in [2.24, 2.45) is 0 Å². The summed E-state index contributed by atoms with van der Waals surface area (Å²) in [5, 5.41) is 11.6. The summed E-state index contributed by atoms with van der Waals surface area (Å²) in [4.78, 5) is 0. The fraction of sp³-hybridized carbons (Fsp3) is 0.455. The molecule has 0 bridgehead atoms. The summed E-state index contributed by atoms with van der Waals surface area (Å²) in [7, 11) is -1.80. The molecule has 0 unspecified atom stereocenters. The predicted octanol–water partition coefficient (Wildman–Crippen LogP) is 4.80. The van der Waals surface area contributed by atoms with Crippen LogP contribution in [0.5, 0.6) is 0 Å². The molecule has 4 nitrogen and oxygen atoms in total. The molecule has 0 aliphatic heterocycles. The lowest BCUT2D eigenvalue weighted by Gasteiger charge is -2.36. The Morgan fingerprint density at radius 3 is 1.93 bits per heavy atom. The van der Waals surface area contributed by atoms with Crippen LogP contribution in [0.4, 0.5) is 0 Å². The maximum Gasteiger partial charge on any atom is 0.211 e. The smallest absolute Gasteiger partial charge is 0.211 e. The molecule has 0 atom stereocenters. The third-order valence-electron chi connectivity index (χ3n) is 5.91. The summed E-state index contributed by atoms with van der Waals surface area (Å²) in [5.74, 6) is 0. The van der Waals surface area contributed by atoms with Crippen molar-refractivity contribution in [2.45, 2.75) is 58.7 Å². The average Bonchev–Trinajstić information content (AvgIpc) is 2.94. The zero-order valence-corrected chi connectivity index (χ0v) is 18.0. The van der Waals surface area contributed by atoms with Gasteiger partial charge in [-0.15, -0.1) is 0 Å². The van der Waals surface area contributed by atoms with Gasteiger partial charge >= 0.3 is 0 Å². The lowest BCUT2D eigenvalue weighted by atomic mass is 10.1. The number of hydrogen-bond donors (Lipinski definition) is 2. The van der Waals surface area contributed by atoms with Crippen LogP contribution in [-0.2, 0) is 24.2 Å². The highest BCUT2D eigenvalue weighted by molar-refractivity contribution is 6.74. The van der Waals surface area contributed by atoms with E-state index >= 15 is 0 Å². The first-order valence-corrected chi connectivity index (χ1v) is 12.4. The highest BCUT2D eigenvalue weighted by Crippen LogP contribution is 2.37. The molecule has 0 fully saturated rings. The van der Waals surface area contributed by atoms with Crippen molar-refractivity contribution < 1.29 is 14.6 Å². The molecule has 1 heterocycles. The van der Waals surface area contributed by atoms with E-state index in [1.807, 2.05) is 12.1 Å². The third kappa shape index (κ3) is 3.83. The van der Waals surface area contributed by atoms with Crippen molar-refractivity contribution in [1.82, 2.24) is 4.57 Å². The zero-order valence-electron chi connectivity index (χ0n) is 19.0. The largest absolute Gasteiger partial charge is 0.415 e. The number of rotatable bonds is 8. The van der Waals surface area contributed by atoms with Gasteiger partial charge in [0.2, 0.25) is 2.86 Å². The summed E-state index contributed by atoms with van der Waals surface area (Å²) < 4.78 is 22.8. The molecule has 3 aromatic rings. The normalized spacial score (nSPS) is 14.0. The molecule has 1 aromatic heterocycles. The summed E-state index contributed by atoms with van der Waals surface area (Å²) >= 11 is 0. The summed E-state index contributed by atoms with van der Waals surface area (Å²) in [6.45, 7) is 13.3. The van der Waals surface area contributed by atoms with Crippen LogP contribution in [0.2, 0.25) is 18.1 Å². The van der Waals surface area contributed by atoms with E-state index in [1.165, 1.54) is 0 Å². The van der Waals surface area contributed by atoms with Gasteiger partial charge < -0.3 is 19.2 Å². The topological polar surface area (TPSA) is 54.6 Å². The Kier molecular flexibility index (Phi) is 4.78. The number of benzene rings is 2. The first-order valence-electron chi connectivity index (χ1n) is 10.3. The van der Waals surface area contributed by atoms with Gasteiger partial charge in [0.05, 0.1) is 19.8 Å². The molecule has 0 saturated carbocycles. The Hall–Kier alpha value is -1.66. The van der Waals surface area contributed by atoms with Gasteiger partial charge in [-0.05, 0) is 53.5 Å². The van der Waals surface area contributed by atoms with E-state index in [2.05, 4.69) is 72.9 Å². The molecule has 0 saturated heterocycles. The molecule has 3 rings (SSSR count). The minimum atomic E-state index is -1.80. The zero-order chi connectivity index (χ0) is 21.2. The molecule has 146 valence electrons. The lowest BCUT2D eigenvalue weighted by Crippen LogP contribution is -2.41. The molecule has 5 heteroatoms. The van der Waals surface area contributed by atoms with Crippen LogP contribution < -0.4 is 0 Å². The maximum absolute atomic E-state index is 7.05. The van der Waals surface area contributed by atoms with Gasteiger partial charge in [0, 0.05) is 28.4 Å². The molecular weight excluding hydrogens is 354 g/mol. The average molecular weight is 388 g/mol. The Balaban J connectivity index is 2.00. The van der Waals surface area contributed by atoms with Crippen LogP contribution in [0.15, 0.2) is 36.4 Å². The number of aromatic nitrogens is 1. The molecular formula is C22H31NO3Si.